The second-order valence-electron chi connectivity index (χ2n) is 16.5. The van der Waals surface area contributed by atoms with E-state index in [1.165, 1.54) is 14.0 Å². The van der Waals surface area contributed by atoms with Crippen molar-refractivity contribution >= 4 is 12.4 Å². The van der Waals surface area contributed by atoms with Gasteiger partial charge in [-0.2, -0.15) is 0 Å². The van der Waals surface area contributed by atoms with Gasteiger partial charge in [-0.1, -0.05) is 20.8 Å². The summed E-state index contributed by atoms with van der Waals surface area (Å²) in [6.45, 7) is 17.6. The summed E-state index contributed by atoms with van der Waals surface area (Å²) in [7, 11) is 3.30. The van der Waals surface area contributed by atoms with Crippen molar-refractivity contribution in [1.29, 1.82) is 0 Å². The van der Waals surface area contributed by atoms with Gasteiger partial charge in [0, 0.05) is 32.0 Å². The van der Waals surface area contributed by atoms with Gasteiger partial charge >= 0.3 is 5.97 Å². The number of esters is 1. The summed E-state index contributed by atoms with van der Waals surface area (Å²) in [5.74, 6) is -2.79. The summed E-state index contributed by atoms with van der Waals surface area (Å²) in [6.07, 6.45) is -8.89. The number of carbonyl (C=O) groups is 2. The molecule has 0 saturated carbocycles. The number of cyclic esters (lactones) is 1. The Hall–Kier alpha value is -1.50. The van der Waals surface area contributed by atoms with Gasteiger partial charge in [-0.3, -0.25) is 9.59 Å². The topological polar surface area (TPSA) is 206 Å². The molecule has 52 heavy (non-hydrogen) atoms. The highest BCUT2D eigenvalue weighted by Gasteiger charge is 2.52. The van der Waals surface area contributed by atoms with Crippen LogP contribution in [0.4, 0.5) is 0 Å². The number of ether oxygens (including phenoxy) is 6. The summed E-state index contributed by atoms with van der Waals surface area (Å²) in [5.41, 5.74) is -4.50. The van der Waals surface area contributed by atoms with Gasteiger partial charge in [-0.05, 0) is 80.7 Å². The van der Waals surface area contributed by atoms with Crippen LogP contribution in [0.2, 0.25) is 0 Å². The summed E-state index contributed by atoms with van der Waals surface area (Å²) < 4.78 is 37.1. The quantitative estimate of drug-likeness (QED) is 0.152. The minimum atomic E-state index is -1.82. The minimum Gasteiger partial charge on any atom is -0.459 e. The van der Waals surface area contributed by atoms with E-state index in [1.807, 2.05) is 18.9 Å². The highest BCUT2D eigenvalue weighted by Crippen LogP contribution is 2.40. The van der Waals surface area contributed by atoms with Crippen molar-refractivity contribution in [2.24, 2.45) is 17.8 Å². The number of hydrogen-bond acceptors (Lipinski definition) is 14. The Bertz CT molecular complexity index is 1160. The lowest BCUT2D eigenvalue weighted by atomic mass is 9.77. The van der Waals surface area contributed by atoms with Crippen molar-refractivity contribution in [1.82, 2.24) is 10.2 Å². The zero-order valence-corrected chi connectivity index (χ0v) is 33.2. The number of methoxy groups -OCH3 is 1. The Morgan fingerprint density at radius 1 is 0.981 bits per heavy atom. The number of hydrogen-bond donors (Lipinski definition) is 6. The van der Waals surface area contributed by atoms with E-state index in [0.29, 0.717) is 19.4 Å². The van der Waals surface area contributed by atoms with Gasteiger partial charge < -0.3 is 64.2 Å². The molecular formula is C37H68N2O13. The number of nitrogens with one attached hydrogen (secondary N) is 1. The predicted octanol–water partition coefficient (Wildman–Crippen LogP) is 1.09. The Kier molecular flexibility index (Phi) is 15.5. The summed E-state index contributed by atoms with van der Waals surface area (Å²) in [5, 5.41) is 60.4. The molecule has 0 spiro atoms. The first-order valence-corrected chi connectivity index (χ1v) is 18.8. The third kappa shape index (κ3) is 10.0. The molecule has 0 aromatic heterocycles. The van der Waals surface area contributed by atoms with E-state index in [0.717, 1.165) is 0 Å². The number of aliphatic hydroxyl groups excluding tert-OH is 3. The molecule has 6 N–H and O–H groups in total. The average Bonchev–Trinajstić information content (AvgIpc) is 3.06. The summed E-state index contributed by atoms with van der Waals surface area (Å²) >= 11 is 0. The fraction of sp³-hybridized carbons (Fsp3) is 0.946. The third-order valence-electron chi connectivity index (χ3n) is 11.9. The fourth-order valence-electron chi connectivity index (χ4n) is 8.50. The Morgan fingerprint density at radius 3 is 2.19 bits per heavy atom. The van der Waals surface area contributed by atoms with E-state index in [2.05, 4.69) is 5.32 Å². The smallest absolute Gasteiger partial charge is 0.311 e. The molecule has 1 amide bonds. The average molecular weight is 749 g/mol. The van der Waals surface area contributed by atoms with Crippen molar-refractivity contribution in [3.05, 3.63) is 0 Å². The van der Waals surface area contributed by atoms with Crippen LogP contribution >= 0.6 is 0 Å². The van der Waals surface area contributed by atoms with Crippen molar-refractivity contribution < 1.29 is 63.5 Å². The van der Waals surface area contributed by atoms with Gasteiger partial charge in [0.25, 0.3) is 0 Å². The molecule has 15 heteroatoms. The van der Waals surface area contributed by atoms with Crippen LogP contribution in [0.25, 0.3) is 0 Å². The maximum absolute atomic E-state index is 14.2. The normalized spacial score (nSPS) is 49.3. The first kappa shape index (κ1) is 44.9. The second-order valence-corrected chi connectivity index (χ2v) is 16.5. The SMILES string of the molecule is CC[C@H]1OC(=O)[C@H](C)[C@@H](O[C@H]2C[C@@](C)(OC)[C@@H](O)[C@H](C)O2)[C@H](C)C(O[C@@H]2O[C@H](C)C[C@H](NC=O)[C@H]2O)[C@](C)(O)C[C@@H](C)CN(C)[C@H](C)[C@@H](O)[C@]1(C)O. The molecular weight excluding hydrogens is 680 g/mol. The first-order valence-electron chi connectivity index (χ1n) is 18.8. The number of rotatable bonds is 8. The number of aliphatic hydroxyl groups is 5. The maximum Gasteiger partial charge on any atom is 0.311 e. The molecule has 304 valence electrons. The van der Waals surface area contributed by atoms with Crippen LogP contribution in [0.1, 0.15) is 94.9 Å². The molecule has 3 saturated heterocycles. The Morgan fingerprint density at radius 2 is 1.62 bits per heavy atom. The van der Waals surface area contributed by atoms with E-state index in [1.54, 1.807) is 55.4 Å². The highest BCUT2D eigenvalue weighted by molar-refractivity contribution is 5.73. The number of likely N-dealkylation sites (N-methyl/N-ethyl adjacent to an activating group) is 1. The lowest BCUT2D eigenvalue weighted by Gasteiger charge is -2.48. The lowest BCUT2D eigenvalue weighted by molar-refractivity contribution is -0.315. The zero-order valence-electron chi connectivity index (χ0n) is 33.2. The van der Waals surface area contributed by atoms with Crippen molar-refractivity contribution in [2.45, 2.75) is 185 Å². The van der Waals surface area contributed by atoms with Crippen LogP contribution in [-0.4, -0.2) is 154 Å². The molecule has 3 aliphatic rings. The fourth-order valence-corrected chi connectivity index (χ4v) is 8.50. The van der Waals surface area contributed by atoms with Gasteiger partial charge in [-0.15, -0.1) is 0 Å². The first-order chi connectivity index (χ1) is 24.0. The summed E-state index contributed by atoms with van der Waals surface area (Å²) in [4.78, 5) is 27.4. The Balaban J connectivity index is 2.17. The van der Waals surface area contributed by atoms with Crippen molar-refractivity contribution in [3.8, 4) is 0 Å². The molecule has 18 atom stereocenters. The number of carbonyl (C=O) groups excluding carboxylic acids is 2. The Labute approximate surface area is 309 Å². The zero-order chi connectivity index (χ0) is 39.5. The second kappa shape index (κ2) is 18.0. The molecule has 3 fully saturated rings. The van der Waals surface area contributed by atoms with Crippen LogP contribution in [0.15, 0.2) is 0 Å². The lowest BCUT2D eigenvalue weighted by Crippen LogP contribution is -2.60. The summed E-state index contributed by atoms with van der Waals surface area (Å²) in [6, 6.07) is -1.24. The largest absolute Gasteiger partial charge is 0.459 e. The van der Waals surface area contributed by atoms with Crippen molar-refractivity contribution in [2.75, 3.05) is 20.7 Å². The molecule has 3 rings (SSSR count). The van der Waals surface area contributed by atoms with Crippen molar-refractivity contribution in [3.63, 3.8) is 0 Å². The van der Waals surface area contributed by atoms with Crippen LogP contribution in [0, 0.1) is 17.8 Å². The minimum absolute atomic E-state index is 0.0999. The van der Waals surface area contributed by atoms with Crippen LogP contribution in [-0.2, 0) is 38.0 Å². The van der Waals surface area contributed by atoms with Gasteiger partial charge in [0.15, 0.2) is 12.6 Å². The molecule has 0 aliphatic carbocycles. The molecule has 15 nitrogen and oxygen atoms in total. The van der Waals surface area contributed by atoms with Gasteiger partial charge in [-0.25, -0.2) is 0 Å². The molecule has 1 unspecified atom stereocenters. The molecule has 0 bridgehead atoms. The monoisotopic (exact) mass is 748 g/mol. The van der Waals surface area contributed by atoms with Crippen LogP contribution in [0.3, 0.4) is 0 Å². The highest BCUT2D eigenvalue weighted by atomic mass is 16.7. The van der Waals surface area contributed by atoms with Crippen LogP contribution in [0.5, 0.6) is 0 Å². The number of amides is 1. The van der Waals surface area contributed by atoms with Gasteiger partial charge in [0.2, 0.25) is 6.41 Å². The number of nitrogens with zero attached hydrogens (tertiary/aromatic N) is 1. The van der Waals surface area contributed by atoms with E-state index < -0.39 is 108 Å². The van der Waals surface area contributed by atoms with E-state index >= 15 is 0 Å². The van der Waals surface area contributed by atoms with E-state index in [4.69, 9.17) is 28.4 Å². The standard InChI is InChI=1S/C37H68N2O13/c1-13-26-37(10,46)30(42)23(6)39(11)17-19(2)15-35(8,45)32(52-34-28(41)25(38-18-40)14-20(3)48-34)21(4)29(22(5)33(44)50-26)51-27-16-36(9,47-12)31(43)24(7)49-27/h18-32,34,41-43,45-46H,13-17H2,1-12H3,(H,38,40)/t19-,20-,21+,22-,23-,24+,25+,26-,27+,28-,29+,30-,31+,32?,34+,35-,36-,37-/m1/s1. The molecule has 3 heterocycles. The van der Waals surface area contributed by atoms with Crippen LogP contribution < -0.4 is 5.32 Å². The van der Waals surface area contributed by atoms with E-state index in [-0.39, 0.29) is 25.2 Å². The molecule has 3 aliphatic heterocycles. The van der Waals surface area contributed by atoms with E-state index in [9.17, 15) is 35.1 Å². The van der Waals surface area contributed by atoms with Gasteiger partial charge in [0.1, 0.15) is 30.0 Å². The van der Waals surface area contributed by atoms with Gasteiger partial charge in [0.05, 0.1) is 47.6 Å². The molecule has 0 radical (unpaired) electrons. The third-order valence-corrected chi connectivity index (χ3v) is 11.9. The molecule has 0 aromatic rings. The predicted molar refractivity (Wildman–Crippen MR) is 190 cm³/mol. The maximum atomic E-state index is 14.2. The molecule has 0 aromatic carbocycles.